The maximum atomic E-state index is 13.5. The second-order valence-electron chi connectivity index (χ2n) is 4.06. The van der Waals surface area contributed by atoms with E-state index in [-0.39, 0.29) is 10.7 Å². The molecule has 0 fully saturated rings. The van der Waals surface area contributed by atoms with Gasteiger partial charge in [0.1, 0.15) is 5.82 Å². The van der Waals surface area contributed by atoms with E-state index in [0.717, 1.165) is 11.6 Å². The number of carbonyl (C=O) groups excluding carboxylic acids is 1. The number of carbonyl (C=O) groups is 1. The van der Waals surface area contributed by atoms with Crippen LogP contribution >= 0.6 is 23.2 Å². The number of amides is 2. The first-order valence-electron chi connectivity index (χ1n) is 5.79. The lowest BCUT2D eigenvalue weighted by atomic mass is 10.2. The number of hydrogen-bond acceptors (Lipinski definition) is 1. The molecular formula is C14H11Cl2FN2O. The minimum Gasteiger partial charge on any atom is -0.334 e. The summed E-state index contributed by atoms with van der Waals surface area (Å²) in [6, 6.07) is 10.6. The van der Waals surface area contributed by atoms with Crippen LogP contribution in [-0.2, 0) is 6.54 Å². The molecule has 3 nitrogen and oxygen atoms in total. The van der Waals surface area contributed by atoms with Gasteiger partial charge in [0.2, 0.25) is 0 Å². The largest absolute Gasteiger partial charge is 0.334 e. The molecule has 2 amide bonds. The zero-order chi connectivity index (χ0) is 14.5. The van der Waals surface area contributed by atoms with Crippen molar-refractivity contribution in [3.8, 4) is 0 Å². The van der Waals surface area contributed by atoms with Crippen molar-refractivity contribution < 1.29 is 9.18 Å². The third-order valence-corrected chi connectivity index (χ3v) is 2.99. The summed E-state index contributed by atoms with van der Waals surface area (Å²) in [5.41, 5.74) is 0.919. The zero-order valence-corrected chi connectivity index (χ0v) is 11.8. The van der Waals surface area contributed by atoms with Gasteiger partial charge in [-0.05, 0) is 35.9 Å². The van der Waals surface area contributed by atoms with Gasteiger partial charge in [-0.1, -0.05) is 35.3 Å². The summed E-state index contributed by atoms with van der Waals surface area (Å²) in [6.45, 7) is 0.293. The van der Waals surface area contributed by atoms with E-state index in [1.807, 2.05) is 6.07 Å². The summed E-state index contributed by atoms with van der Waals surface area (Å²) in [4.78, 5) is 11.7. The minimum absolute atomic E-state index is 0.0676. The fourth-order valence-electron chi connectivity index (χ4n) is 1.59. The molecule has 0 aliphatic rings. The summed E-state index contributed by atoms with van der Waals surface area (Å²) < 4.78 is 13.5. The Morgan fingerprint density at radius 2 is 1.85 bits per heavy atom. The quantitative estimate of drug-likeness (QED) is 0.863. The summed E-state index contributed by atoms with van der Waals surface area (Å²) in [5, 5.41) is 5.88. The molecule has 0 spiro atoms. The molecule has 0 atom stereocenters. The molecule has 2 N–H and O–H groups in total. The van der Waals surface area contributed by atoms with Crippen LogP contribution in [0.4, 0.5) is 14.9 Å². The van der Waals surface area contributed by atoms with Gasteiger partial charge in [-0.2, -0.15) is 0 Å². The minimum atomic E-state index is -0.588. The van der Waals surface area contributed by atoms with Crippen LogP contribution in [0.2, 0.25) is 10.0 Å². The lowest BCUT2D eigenvalue weighted by Gasteiger charge is -2.09. The smallest absolute Gasteiger partial charge is 0.319 e. The highest BCUT2D eigenvalue weighted by molar-refractivity contribution is 6.30. The molecule has 104 valence electrons. The maximum absolute atomic E-state index is 13.5. The van der Waals surface area contributed by atoms with Crippen molar-refractivity contribution >= 4 is 34.9 Å². The van der Waals surface area contributed by atoms with Crippen LogP contribution in [0.1, 0.15) is 5.56 Å². The fourth-order valence-corrected chi connectivity index (χ4v) is 1.96. The SMILES string of the molecule is O=C(NCc1cccc(Cl)c1)Nc1ccc(Cl)cc1F. The standard InChI is InChI=1S/C14H11Cl2FN2O/c15-10-3-1-2-9(6-10)8-18-14(20)19-13-5-4-11(16)7-12(13)17/h1-7H,8H2,(H2,18,19,20). The van der Waals surface area contributed by atoms with Gasteiger partial charge < -0.3 is 10.6 Å². The maximum Gasteiger partial charge on any atom is 0.319 e. The predicted molar refractivity (Wildman–Crippen MR) is 78.7 cm³/mol. The van der Waals surface area contributed by atoms with Gasteiger partial charge >= 0.3 is 6.03 Å². The first kappa shape index (κ1) is 14.6. The molecule has 2 rings (SSSR count). The van der Waals surface area contributed by atoms with E-state index in [4.69, 9.17) is 23.2 Å². The average Bonchev–Trinajstić information content (AvgIpc) is 2.40. The zero-order valence-electron chi connectivity index (χ0n) is 10.3. The lowest BCUT2D eigenvalue weighted by Crippen LogP contribution is -2.28. The van der Waals surface area contributed by atoms with E-state index in [2.05, 4.69) is 10.6 Å². The van der Waals surface area contributed by atoms with Gasteiger partial charge in [-0.25, -0.2) is 9.18 Å². The summed E-state index contributed by atoms with van der Waals surface area (Å²) in [6.07, 6.45) is 0. The van der Waals surface area contributed by atoms with Gasteiger partial charge in [-0.3, -0.25) is 0 Å². The van der Waals surface area contributed by atoms with E-state index in [1.165, 1.54) is 12.1 Å². The number of rotatable bonds is 3. The van der Waals surface area contributed by atoms with Crippen LogP contribution in [-0.4, -0.2) is 6.03 Å². The number of hydrogen-bond donors (Lipinski definition) is 2. The molecule has 20 heavy (non-hydrogen) atoms. The van der Waals surface area contributed by atoms with Gasteiger partial charge in [0.25, 0.3) is 0 Å². The number of nitrogens with one attached hydrogen (secondary N) is 2. The molecule has 6 heteroatoms. The van der Waals surface area contributed by atoms with Gasteiger partial charge in [0.15, 0.2) is 0 Å². The van der Waals surface area contributed by atoms with Crippen LogP contribution in [0.5, 0.6) is 0 Å². The highest BCUT2D eigenvalue weighted by Crippen LogP contribution is 2.18. The van der Waals surface area contributed by atoms with Crippen molar-refractivity contribution in [2.75, 3.05) is 5.32 Å². The number of anilines is 1. The van der Waals surface area contributed by atoms with Crippen molar-refractivity contribution in [2.24, 2.45) is 0 Å². The van der Waals surface area contributed by atoms with Crippen LogP contribution < -0.4 is 10.6 Å². The Bertz CT molecular complexity index is 634. The average molecular weight is 313 g/mol. The summed E-state index contributed by atoms with van der Waals surface area (Å²) in [7, 11) is 0. The van der Waals surface area contributed by atoms with E-state index in [1.54, 1.807) is 18.2 Å². The Hall–Kier alpha value is -1.78. The molecule has 0 radical (unpaired) electrons. The molecule has 0 saturated carbocycles. The second kappa shape index (κ2) is 6.59. The second-order valence-corrected chi connectivity index (χ2v) is 4.93. The summed E-state index contributed by atoms with van der Waals surface area (Å²) >= 11 is 11.5. The Kier molecular flexibility index (Phi) is 4.82. The van der Waals surface area contributed by atoms with Gasteiger partial charge in [0, 0.05) is 16.6 Å². The highest BCUT2D eigenvalue weighted by Gasteiger charge is 2.07. The topological polar surface area (TPSA) is 41.1 Å². The van der Waals surface area contributed by atoms with Crippen molar-refractivity contribution in [1.82, 2.24) is 5.32 Å². The molecule has 0 saturated heterocycles. The molecule has 0 heterocycles. The first-order chi connectivity index (χ1) is 9.54. The number of benzene rings is 2. The van der Waals surface area contributed by atoms with Crippen LogP contribution in [0.25, 0.3) is 0 Å². The monoisotopic (exact) mass is 312 g/mol. The van der Waals surface area contributed by atoms with Crippen LogP contribution in [0.3, 0.4) is 0 Å². The molecule has 2 aromatic carbocycles. The van der Waals surface area contributed by atoms with Gasteiger partial charge in [-0.15, -0.1) is 0 Å². The van der Waals surface area contributed by atoms with Crippen LogP contribution in [0, 0.1) is 5.82 Å². The molecular weight excluding hydrogens is 302 g/mol. The molecule has 0 aliphatic heterocycles. The molecule has 0 aromatic heterocycles. The Morgan fingerprint density at radius 3 is 2.55 bits per heavy atom. The van der Waals surface area contributed by atoms with E-state index < -0.39 is 11.8 Å². The van der Waals surface area contributed by atoms with E-state index in [0.29, 0.717) is 11.6 Å². The third-order valence-electron chi connectivity index (χ3n) is 2.52. The lowest BCUT2D eigenvalue weighted by molar-refractivity contribution is 0.251. The highest BCUT2D eigenvalue weighted by atomic mass is 35.5. The Morgan fingerprint density at radius 1 is 1.10 bits per heavy atom. The fraction of sp³-hybridized carbons (Fsp3) is 0.0714. The van der Waals surface area contributed by atoms with E-state index >= 15 is 0 Å². The molecule has 2 aromatic rings. The van der Waals surface area contributed by atoms with Crippen molar-refractivity contribution in [3.05, 3.63) is 63.9 Å². The van der Waals surface area contributed by atoms with Crippen molar-refractivity contribution in [3.63, 3.8) is 0 Å². The first-order valence-corrected chi connectivity index (χ1v) is 6.54. The third kappa shape index (κ3) is 4.11. The molecule has 0 aliphatic carbocycles. The number of urea groups is 1. The van der Waals surface area contributed by atoms with Crippen LogP contribution in [0.15, 0.2) is 42.5 Å². The Balaban J connectivity index is 1.92. The van der Waals surface area contributed by atoms with Crippen molar-refractivity contribution in [1.29, 1.82) is 0 Å². The van der Waals surface area contributed by atoms with Gasteiger partial charge in [0.05, 0.1) is 5.69 Å². The molecule has 0 bridgehead atoms. The normalized spacial score (nSPS) is 10.2. The van der Waals surface area contributed by atoms with E-state index in [9.17, 15) is 9.18 Å². The van der Waals surface area contributed by atoms with Crippen molar-refractivity contribution in [2.45, 2.75) is 6.54 Å². The molecule has 0 unspecified atom stereocenters. The number of halogens is 3. The Labute approximate surface area is 125 Å². The summed E-state index contributed by atoms with van der Waals surface area (Å²) in [5.74, 6) is -0.588. The predicted octanol–water partition coefficient (Wildman–Crippen LogP) is 4.45.